The second kappa shape index (κ2) is 4.61. The molecule has 0 spiro atoms. The van der Waals surface area contributed by atoms with Gasteiger partial charge in [0.15, 0.2) is 0 Å². The molecule has 1 heteroatoms. The van der Waals surface area contributed by atoms with E-state index < -0.39 is 0 Å². The van der Waals surface area contributed by atoms with Crippen molar-refractivity contribution in [3.63, 3.8) is 0 Å². The molecule has 0 radical (unpaired) electrons. The lowest BCUT2D eigenvalue weighted by Gasteiger charge is -2.04. The smallest absolute Gasteiger partial charge is 0.0205 e. The van der Waals surface area contributed by atoms with Crippen LogP contribution in [0.5, 0.6) is 0 Å². The molecule has 14 heavy (non-hydrogen) atoms. The summed E-state index contributed by atoms with van der Waals surface area (Å²) >= 11 is 0. The van der Waals surface area contributed by atoms with E-state index in [-0.39, 0.29) is 0 Å². The lowest BCUT2D eigenvalue weighted by atomic mass is 10.1. The van der Waals surface area contributed by atoms with E-state index in [1.807, 2.05) is 0 Å². The van der Waals surface area contributed by atoms with E-state index >= 15 is 0 Å². The van der Waals surface area contributed by atoms with E-state index in [0.29, 0.717) is 0 Å². The summed E-state index contributed by atoms with van der Waals surface area (Å²) in [4.78, 5) is 0. The Hall–Kier alpha value is -0.820. The Morgan fingerprint density at radius 2 is 1.93 bits per heavy atom. The van der Waals surface area contributed by atoms with Gasteiger partial charge in [0.1, 0.15) is 0 Å². The third-order valence-corrected chi connectivity index (χ3v) is 2.78. The summed E-state index contributed by atoms with van der Waals surface area (Å²) in [5.41, 5.74) is 2.94. The zero-order valence-corrected chi connectivity index (χ0v) is 8.92. The first-order valence-electron chi connectivity index (χ1n) is 5.69. The molecule has 1 fully saturated rings. The standard InChI is InChI=1S/C13H19N/c1-2-9-14-10-11-3-5-12(6-4-11)13-7-8-13/h3-6,13-14H,2,7-10H2,1H3. The van der Waals surface area contributed by atoms with Crippen LogP contribution in [0.25, 0.3) is 0 Å². The van der Waals surface area contributed by atoms with Crippen LogP contribution < -0.4 is 5.32 Å². The maximum absolute atomic E-state index is 3.42. The molecule has 0 heterocycles. The van der Waals surface area contributed by atoms with Gasteiger partial charge in [-0.2, -0.15) is 0 Å². The van der Waals surface area contributed by atoms with Gasteiger partial charge in [0.25, 0.3) is 0 Å². The van der Waals surface area contributed by atoms with Crippen molar-refractivity contribution in [3.05, 3.63) is 35.4 Å². The average molecular weight is 189 g/mol. The average Bonchev–Trinajstić information content (AvgIpc) is 3.03. The summed E-state index contributed by atoms with van der Waals surface area (Å²) in [6, 6.07) is 9.11. The number of hydrogen-bond donors (Lipinski definition) is 1. The normalized spacial score (nSPS) is 15.8. The number of nitrogens with one attached hydrogen (secondary N) is 1. The molecule has 1 aromatic rings. The van der Waals surface area contributed by atoms with E-state index in [1.165, 1.54) is 30.4 Å². The highest BCUT2D eigenvalue weighted by Crippen LogP contribution is 2.39. The van der Waals surface area contributed by atoms with Gasteiger partial charge in [-0.25, -0.2) is 0 Å². The Morgan fingerprint density at radius 1 is 1.21 bits per heavy atom. The fraction of sp³-hybridized carbons (Fsp3) is 0.538. The van der Waals surface area contributed by atoms with Crippen molar-refractivity contribution in [3.8, 4) is 0 Å². The van der Waals surface area contributed by atoms with Gasteiger partial charge in [-0.3, -0.25) is 0 Å². The molecule has 0 aromatic heterocycles. The van der Waals surface area contributed by atoms with E-state index in [4.69, 9.17) is 0 Å². The molecule has 0 aliphatic heterocycles. The predicted molar refractivity (Wildman–Crippen MR) is 60.4 cm³/mol. The van der Waals surface area contributed by atoms with Crippen LogP contribution in [0.15, 0.2) is 24.3 Å². The fourth-order valence-electron chi connectivity index (χ4n) is 1.73. The van der Waals surface area contributed by atoms with Crippen LogP contribution in [0.3, 0.4) is 0 Å². The fourth-order valence-corrected chi connectivity index (χ4v) is 1.73. The van der Waals surface area contributed by atoms with Crippen molar-refractivity contribution >= 4 is 0 Å². The quantitative estimate of drug-likeness (QED) is 0.702. The topological polar surface area (TPSA) is 12.0 Å². The van der Waals surface area contributed by atoms with Gasteiger partial charge < -0.3 is 5.32 Å². The minimum Gasteiger partial charge on any atom is -0.313 e. The molecule has 0 unspecified atom stereocenters. The summed E-state index contributed by atoms with van der Waals surface area (Å²) in [6.45, 7) is 4.33. The summed E-state index contributed by atoms with van der Waals surface area (Å²) < 4.78 is 0. The SMILES string of the molecule is CCCNCc1ccc(C2CC2)cc1. The maximum Gasteiger partial charge on any atom is 0.0205 e. The lowest BCUT2D eigenvalue weighted by Crippen LogP contribution is -2.13. The monoisotopic (exact) mass is 189 g/mol. The van der Waals surface area contributed by atoms with Crippen molar-refractivity contribution in [1.82, 2.24) is 5.32 Å². The molecule has 1 saturated carbocycles. The number of rotatable bonds is 5. The van der Waals surface area contributed by atoms with Gasteiger partial charge in [-0.1, -0.05) is 31.2 Å². The summed E-state index contributed by atoms with van der Waals surface area (Å²) in [7, 11) is 0. The molecular formula is C13H19N. The van der Waals surface area contributed by atoms with Gasteiger partial charge in [0.05, 0.1) is 0 Å². The maximum atomic E-state index is 3.42. The molecular weight excluding hydrogens is 170 g/mol. The van der Waals surface area contributed by atoms with Crippen LogP contribution in [-0.4, -0.2) is 6.54 Å². The van der Waals surface area contributed by atoms with Gasteiger partial charge in [0, 0.05) is 6.54 Å². The van der Waals surface area contributed by atoms with E-state index in [1.54, 1.807) is 0 Å². The molecule has 1 aromatic carbocycles. The van der Waals surface area contributed by atoms with Gasteiger partial charge >= 0.3 is 0 Å². The van der Waals surface area contributed by atoms with Crippen molar-refractivity contribution in [2.24, 2.45) is 0 Å². The van der Waals surface area contributed by atoms with Crippen molar-refractivity contribution < 1.29 is 0 Å². The number of benzene rings is 1. The zero-order valence-electron chi connectivity index (χ0n) is 8.92. The van der Waals surface area contributed by atoms with E-state index in [9.17, 15) is 0 Å². The molecule has 1 nitrogen and oxygen atoms in total. The molecule has 76 valence electrons. The van der Waals surface area contributed by atoms with Gasteiger partial charge in [-0.15, -0.1) is 0 Å². The first kappa shape index (κ1) is 9.72. The Balaban J connectivity index is 1.86. The highest BCUT2D eigenvalue weighted by molar-refractivity contribution is 5.27. The molecule has 0 atom stereocenters. The lowest BCUT2D eigenvalue weighted by molar-refractivity contribution is 0.675. The third kappa shape index (κ3) is 2.58. The first-order valence-corrected chi connectivity index (χ1v) is 5.69. The Morgan fingerprint density at radius 3 is 2.50 bits per heavy atom. The highest BCUT2D eigenvalue weighted by Gasteiger charge is 2.22. The molecule has 0 bridgehead atoms. The summed E-state index contributed by atoms with van der Waals surface area (Å²) in [6.07, 6.45) is 4.00. The molecule has 1 aliphatic carbocycles. The molecule has 0 saturated heterocycles. The van der Waals surface area contributed by atoms with E-state index in [2.05, 4.69) is 36.5 Å². The predicted octanol–water partition coefficient (Wildman–Crippen LogP) is 3.06. The summed E-state index contributed by atoms with van der Waals surface area (Å²) in [5, 5.41) is 3.42. The summed E-state index contributed by atoms with van der Waals surface area (Å²) in [5.74, 6) is 0.882. The zero-order chi connectivity index (χ0) is 9.80. The first-order chi connectivity index (χ1) is 6.90. The van der Waals surface area contributed by atoms with Crippen molar-refractivity contribution in [2.45, 2.75) is 38.6 Å². The molecule has 1 aliphatic rings. The van der Waals surface area contributed by atoms with Gasteiger partial charge in [0.2, 0.25) is 0 Å². The second-order valence-electron chi connectivity index (χ2n) is 4.19. The van der Waals surface area contributed by atoms with Crippen LogP contribution in [0.1, 0.15) is 43.2 Å². The highest BCUT2D eigenvalue weighted by atomic mass is 14.8. The van der Waals surface area contributed by atoms with Crippen LogP contribution in [-0.2, 0) is 6.54 Å². The molecule has 2 rings (SSSR count). The Labute approximate surface area is 86.5 Å². The van der Waals surface area contributed by atoms with Crippen LogP contribution >= 0.6 is 0 Å². The molecule has 0 amide bonds. The van der Waals surface area contributed by atoms with Crippen LogP contribution in [0.4, 0.5) is 0 Å². The van der Waals surface area contributed by atoms with Gasteiger partial charge in [-0.05, 0) is 42.9 Å². The van der Waals surface area contributed by atoms with Crippen molar-refractivity contribution in [1.29, 1.82) is 0 Å². The Kier molecular flexibility index (Phi) is 3.20. The van der Waals surface area contributed by atoms with E-state index in [0.717, 1.165) is 19.0 Å². The van der Waals surface area contributed by atoms with Crippen LogP contribution in [0.2, 0.25) is 0 Å². The minimum atomic E-state index is 0.882. The second-order valence-corrected chi connectivity index (χ2v) is 4.19. The van der Waals surface area contributed by atoms with Crippen LogP contribution in [0, 0.1) is 0 Å². The largest absolute Gasteiger partial charge is 0.313 e. The minimum absolute atomic E-state index is 0.882. The molecule has 1 N–H and O–H groups in total. The number of hydrogen-bond acceptors (Lipinski definition) is 1. The Bertz CT molecular complexity index is 272. The van der Waals surface area contributed by atoms with Crippen molar-refractivity contribution in [2.75, 3.05) is 6.54 Å². The third-order valence-electron chi connectivity index (χ3n) is 2.78.